The molecular weight excluding hydrogens is 354 g/mol. The van der Waals surface area contributed by atoms with Crippen molar-refractivity contribution in [3.63, 3.8) is 0 Å². The molecule has 27 heavy (non-hydrogen) atoms. The number of carbonyl (C=O) groups is 4. The molecule has 144 valence electrons. The van der Waals surface area contributed by atoms with E-state index in [-0.39, 0.29) is 30.9 Å². The van der Waals surface area contributed by atoms with E-state index in [0.29, 0.717) is 42.9 Å². The highest BCUT2D eigenvalue weighted by molar-refractivity contribution is 5.99. The fourth-order valence-corrected chi connectivity index (χ4v) is 3.18. The Bertz CT molecular complexity index is 785. The molecule has 3 amide bonds. The maximum Gasteiger partial charge on any atom is 0.306 e. The van der Waals surface area contributed by atoms with E-state index in [9.17, 15) is 19.2 Å². The number of likely N-dealkylation sites (tertiary alicyclic amines) is 1. The molecule has 0 saturated carbocycles. The third-order valence-electron chi connectivity index (χ3n) is 4.78. The fourth-order valence-electron chi connectivity index (χ4n) is 3.18. The Labute approximate surface area is 155 Å². The summed E-state index contributed by atoms with van der Waals surface area (Å²) in [5, 5.41) is 11.7. The molecule has 2 N–H and O–H groups in total. The number of fused-ring (bicyclic) bond motifs is 1. The van der Waals surface area contributed by atoms with Gasteiger partial charge in [-0.1, -0.05) is 0 Å². The number of benzene rings is 1. The molecule has 2 heterocycles. The summed E-state index contributed by atoms with van der Waals surface area (Å²) in [6.07, 6.45) is 0.846. The predicted octanol–water partition coefficient (Wildman–Crippen LogP) is 0.413. The van der Waals surface area contributed by atoms with Gasteiger partial charge in [-0.05, 0) is 31.0 Å². The smallest absolute Gasteiger partial charge is 0.306 e. The maximum atomic E-state index is 12.6. The number of nitrogens with one attached hydrogen (secondary N) is 1. The molecule has 0 radical (unpaired) electrons. The second-order valence-electron chi connectivity index (χ2n) is 6.70. The molecule has 0 spiro atoms. The van der Waals surface area contributed by atoms with Gasteiger partial charge < -0.3 is 25.0 Å². The number of carboxylic acid groups (broad SMARTS) is 1. The van der Waals surface area contributed by atoms with Crippen LogP contribution in [0.15, 0.2) is 18.2 Å². The van der Waals surface area contributed by atoms with Crippen LogP contribution >= 0.6 is 0 Å². The summed E-state index contributed by atoms with van der Waals surface area (Å²) in [7, 11) is 1.53. The number of anilines is 1. The van der Waals surface area contributed by atoms with Crippen LogP contribution in [0.3, 0.4) is 0 Å². The number of carbonyl (C=O) groups excluding carboxylic acids is 3. The first-order valence-electron chi connectivity index (χ1n) is 8.68. The molecule has 1 aromatic carbocycles. The summed E-state index contributed by atoms with van der Waals surface area (Å²) in [6.45, 7) is 0.560. The van der Waals surface area contributed by atoms with E-state index in [0.717, 1.165) is 0 Å². The highest BCUT2D eigenvalue weighted by atomic mass is 16.5. The lowest BCUT2D eigenvalue weighted by Crippen LogP contribution is -2.45. The number of amides is 3. The fraction of sp³-hybridized carbons (Fsp3) is 0.444. The second kappa shape index (κ2) is 7.65. The normalized spacial score (nSPS) is 16.8. The van der Waals surface area contributed by atoms with Crippen molar-refractivity contribution in [1.29, 1.82) is 0 Å². The number of hydrogen-bond acceptors (Lipinski definition) is 5. The topological polar surface area (TPSA) is 116 Å². The van der Waals surface area contributed by atoms with Gasteiger partial charge in [-0.3, -0.25) is 19.2 Å². The molecule has 2 aliphatic rings. The molecule has 2 aliphatic heterocycles. The number of ether oxygens (including phenoxy) is 1. The van der Waals surface area contributed by atoms with Crippen LogP contribution in [0.4, 0.5) is 5.69 Å². The Morgan fingerprint density at radius 2 is 2.00 bits per heavy atom. The van der Waals surface area contributed by atoms with Gasteiger partial charge in [-0.15, -0.1) is 0 Å². The van der Waals surface area contributed by atoms with Crippen LogP contribution in [0.5, 0.6) is 5.75 Å². The van der Waals surface area contributed by atoms with Crippen LogP contribution in [0.1, 0.15) is 23.2 Å². The molecule has 9 nitrogen and oxygen atoms in total. The van der Waals surface area contributed by atoms with Crippen molar-refractivity contribution in [2.24, 2.45) is 5.92 Å². The van der Waals surface area contributed by atoms with Crippen molar-refractivity contribution < 1.29 is 29.0 Å². The van der Waals surface area contributed by atoms with Crippen molar-refractivity contribution >= 4 is 29.4 Å². The lowest BCUT2D eigenvalue weighted by molar-refractivity contribution is -0.145. The number of likely N-dealkylation sites (N-methyl/N-ethyl adjacent to an activating group) is 1. The predicted molar refractivity (Wildman–Crippen MR) is 94.5 cm³/mol. The molecule has 0 aromatic heterocycles. The minimum atomic E-state index is -0.833. The molecule has 0 bridgehead atoms. The van der Waals surface area contributed by atoms with Crippen molar-refractivity contribution in [2.45, 2.75) is 12.8 Å². The Hall–Kier alpha value is -3.10. The molecule has 0 aliphatic carbocycles. The lowest BCUT2D eigenvalue weighted by atomic mass is 9.97. The van der Waals surface area contributed by atoms with Crippen molar-refractivity contribution in [1.82, 2.24) is 9.80 Å². The van der Waals surface area contributed by atoms with E-state index >= 15 is 0 Å². The summed E-state index contributed by atoms with van der Waals surface area (Å²) < 4.78 is 5.31. The third-order valence-corrected chi connectivity index (χ3v) is 4.78. The van der Waals surface area contributed by atoms with E-state index < -0.39 is 11.9 Å². The first-order chi connectivity index (χ1) is 12.8. The van der Waals surface area contributed by atoms with Gasteiger partial charge in [0.25, 0.3) is 11.8 Å². The standard InChI is InChI=1S/C18H21N3O6/c1-20(9-16(23)21-6-4-11(5-7-21)18(25)26)17(24)12-2-3-13-14(8-12)27-10-15(22)19-13/h2-3,8,11H,4-7,9-10H2,1H3,(H,19,22)(H,25,26). The Balaban J connectivity index is 1.58. The molecule has 0 unspecified atom stereocenters. The van der Waals surface area contributed by atoms with Gasteiger partial charge in [0.05, 0.1) is 18.2 Å². The summed E-state index contributed by atoms with van der Waals surface area (Å²) in [4.78, 5) is 50.2. The van der Waals surface area contributed by atoms with Crippen LogP contribution < -0.4 is 10.1 Å². The first-order valence-corrected chi connectivity index (χ1v) is 8.68. The average molecular weight is 375 g/mol. The van der Waals surface area contributed by atoms with Gasteiger partial charge in [-0.25, -0.2) is 0 Å². The second-order valence-corrected chi connectivity index (χ2v) is 6.70. The molecule has 3 rings (SSSR count). The third kappa shape index (κ3) is 4.18. The Morgan fingerprint density at radius 1 is 1.30 bits per heavy atom. The first kappa shape index (κ1) is 18.7. The van der Waals surface area contributed by atoms with Crippen LogP contribution in [0, 0.1) is 5.92 Å². The van der Waals surface area contributed by atoms with Crippen LogP contribution in [-0.4, -0.2) is 71.9 Å². The molecule has 0 atom stereocenters. The summed E-state index contributed by atoms with van der Waals surface area (Å²) in [5.74, 6) is -1.64. The van der Waals surface area contributed by atoms with E-state index in [4.69, 9.17) is 9.84 Å². The SMILES string of the molecule is CN(CC(=O)N1CCC(C(=O)O)CC1)C(=O)c1ccc2c(c1)OCC(=O)N2. The maximum absolute atomic E-state index is 12.6. The van der Waals surface area contributed by atoms with E-state index in [1.807, 2.05) is 0 Å². The van der Waals surface area contributed by atoms with Gasteiger partial charge in [-0.2, -0.15) is 0 Å². The minimum absolute atomic E-state index is 0.0920. The van der Waals surface area contributed by atoms with Gasteiger partial charge >= 0.3 is 5.97 Å². The number of carboxylic acids is 1. The Morgan fingerprint density at radius 3 is 2.67 bits per heavy atom. The lowest BCUT2D eigenvalue weighted by Gasteiger charge is -2.31. The number of piperidine rings is 1. The highest BCUT2D eigenvalue weighted by Gasteiger charge is 2.28. The number of rotatable bonds is 4. The molecule has 1 saturated heterocycles. The van der Waals surface area contributed by atoms with Crippen LogP contribution in [-0.2, 0) is 14.4 Å². The minimum Gasteiger partial charge on any atom is -0.482 e. The molecule has 1 aromatic rings. The van der Waals surface area contributed by atoms with Gasteiger partial charge in [0.2, 0.25) is 5.91 Å². The van der Waals surface area contributed by atoms with Gasteiger partial charge in [0.1, 0.15) is 5.75 Å². The summed E-state index contributed by atoms with van der Waals surface area (Å²) in [5.41, 5.74) is 0.854. The van der Waals surface area contributed by atoms with E-state index in [1.165, 1.54) is 18.0 Å². The Kier molecular flexibility index (Phi) is 5.29. The van der Waals surface area contributed by atoms with Crippen molar-refractivity contribution in [3.8, 4) is 5.75 Å². The number of hydrogen-bond donors (Lipinski definition) is 2. The largest absolute Gasteiger partial charge is 0.482 e. The van der Waals surface area contributed by atoms with E-state index in [1.54, 1.807) is 17.0 Å². The van der Waals surface area contributed by atoms with Crippen molar-refractivity contribution in [2.75, 3.05) is 38.6 Å². The zero-order valence-corrected chi connectivity index (χ0v) is 14.9. The zero-order valence-electron chi connectivity index (χ0n) is 14.9. The van der Waals surface area contributed by atoms with Crippen LogP contribution in [0.2, 0.25) is 0 Å². The summed E-state index contributed by atoms with van der Waals surface area (Å²) in [6, 6.07) is 4.69. The van der Waals surface area contributed by atoms with E-state index in [2.05, 4.69) is 5.32 Å². The monoisotopic (exact) mass is 375 g/mol. The summed E-state index contributed by atoms with van der Waals surface area (Å²) >= 11 is 0. The zero-order chi connectivity index (χ0) is 19.6. The molecular formula is C18H21N3O6. The highest BCUT2D eigenvalue weighted by Crippen LogP contribution is 2.29. The number of nitrogens with zero attached hydrogens (tertiary/aromatic N) is 2. The van der Waals surface area contributed by atoms with Crippen LogP contribution in [0.25, 0.3) is 0 Å². The van der Waals surface area contributed by atoms with Gasteiger partial charge in [0, 0.05) is 25.7 Å². The molecule has 1 fully saturated rings. The number of aliphatic carboxylic acids is 1. The average Bonchev–Trinajstić information content (AvgIpc) is 2.66. The molecule has 9 heteroatoms. The van der Waals surface area contributed by atoms with Gasteiger partial charge in [0.15, 0.2) is 6.61 Å². The quantitative estimate of drug-likeness (QED) is 0.788. The van der Waals surface area contributed by atoms with Crippen molar-refractivity contribution in [3.05, 3.63) is 23.8 Å².